The van der Waals surface area contributed by atoms with Gasteiger partial charge in [-0.25, -0.2) is 4.98 Å². The van der Waals surface area contributed by atoms with Gasteiger partial charge in [0.1, 0.15) is 5.03 Å². The molecule has 0 bridgehead atoms. The molecule has 0 atom stereocenters. The van der Waals surface area contributed by atoms with Crippen LogP contribution >= 0.6 is 11.8 Å². The first-order valence-electron chi connectivity index (χ1n) is 6.34. The molecule has 2 heteroatoms. The first-order chi connectivity index (χ1) is 9.24. The highest BCUT2D eigenvalue weighted by molar-refractivity contribution is 7.99. The summed E-state index contributed by atoms with van der Waals surface area (Å²) in [7, 11) is 0. The van der Waals surface area contributed by atoms with Crippen molar-refractivity contribution in [2.45, 2.75) is 23.8 Å². The van der Waals surface area contributed by atoms with Crippen molar-refractivity contribution in [1.29, 1.82) is 0 Å². The molecule has 19 heavy (non-hydrogen) atoms. The Morgan fingerprint density at radius 1 is 0.789 bits per heavy atom. The fourth-order valence-corrected chi connectivity index (χ4v) is 3.12. The maximum atomic E-state index is 4.72. The van der Waals surface area contributed by atoms with E-state index in [1.54, 1.807) is 11.8 Å². The predicted octanol–water partition coefficient (Wildman–Crippen LogP) is 5.00. The number of hydrogen-bond acceptors (Lipinski definition) is 2. The second-order valence-corrected chi connectivity index (χ2v) is 5.70. The van der Waals surface area contributed by atoms with E-state index < -0.39 is 0 Å². The van der Waals surface area contributed by atoms with Crippen molar-refractivity contribution in [2.24, 2.45) is 0 Å². The van der Waals surface area contributed by atoms with Gasteiger partial charge in [-0.2, -0.15) is 0 Å². The number of fused-ring (bicyclic) bond motifs is 1. The smallest absolute Gasteiger partial charge is 0.101 e. The van der Waals surface area contributed by atoms with Crippen LogP contribution in [0.5, 0.6) is 0 Å². The Bertz CT molecular complexity index is 714. The zero-order valence-electron chi connectivity index (χ0n) is 11.1. The van der Waals surface area contributed by atoms with Gasteiger partial charge in [0.15, 0.2) is 0 Å². The largest absolute Gasteiger partial charge is 0.241 e. The van der Waals surface area contributed by atoms with Crippen LogP contribution in [-0.2, 0) is 0 Å². The third-order valence-electron chi connectivity index (χ3n) is 3.19. The third kappa shape index (κ3) is 2.49. The molecule has 0 radical (unpaired) electrons. The highest BCUT2D eigenvalue weighted by atomic mass is 32.2. The summed E-state index contributed by atoms with van der Waals surface area (Å²) in [5.74, 6) is 0. The Morgan fingerprint density at radius 3 is 2.32 bits per heavy atom. The number of aromatic nitrogens is 1. The Hall–Kier alpha value is -1.80. The molecule has 0 spiro atoms. The number of nitrogens with zero attached hydrogens (tertiary/aromatic N) is 1. The Morgan fingerprint density at radius 2 is 1.53 bits per heavy atom. The number of pyridine rings is 1. The molecular formula is C17H15NS. The molecule has 0 N–H and O–H groups in total. The number of benzene rings is 2. The quantitative estimate of drug-likeness (QED) is 0.646. The Kier molecular flexibility index (Phi) is 3.26. The van der Waals surface area contributed by atoms with Crippen LogP contribution in [0.1, 0.15) is 11.1 Å². The van der Waals surface area contributed by atoms with E-state index in [4.69, 9.17) is 4.98 Å². The third-order valence-corrected chi connectivity index (χ3v) is 4.47. The topological polar surface area (TPSA) is 12.9 Å². The van der Waals surface area contributed by atoms with Gasteiger partial charge in [-0.3, -0.25) is 0 Å². The summed E-state index contributed by atoms with van der Waals surface area (Å²) in [5.41, 5.74) is 3.67. The maximum absolute atomic E-state index is 4.72. The molecule has 0 fully saturated rings. The molecular weight excluding hydrogens is 250 g/mol. The highest BCUT2D eigenvalue weighted by Gasteiger charge is 2.06. The maximum Gasteiger partial charge on any atom is 0.101 e. The van der Waals surface area contributed by atoms with E-state index in [1.807, 2.05) is 12.1 Å². The van der Waals surface area contributed by atoms with Crippen LogP contribution in [0, 0.1) is 13.8 Å². The number of para-hydroxylation sites is 1. The average Bonchev–Trinajstić information content (AvgIpc) is 2.43. The SMILES string of the molecule is Cc1cccc(C)c1Sc1ccc2ccccc2n1. The number of aryl methyl sites for hydroxylation is 2. The van der Waals surface area contributed by atoms with E-state index in [2.05, 4.69) is 56.3 Å². The van der Waals surface area contributed by atoms with Gasteiger partial charge in [0.2, 0.25) is 0 Å². The standard InChI is InChI=1S/C17H15NS/c1-12-6-5-7-13(2)17(12)19-16-11-10-14-8-3-4-9-15(14)18-16/h3-11H,1-2H3. The Balaban J connectivity index is 2.01. The molecule has 0 amide bonds. The van der Waals surface area contributed by atoms with E-state index in [-0.39, 0.29) is 0 Å². The van der Waals surface area contributed by atoms with Gasteiger partial charge in [-0.1, -0.05) is 54.2 Å². The normalized spacial score (nSPS) is 10.8. The van der Waals surface area contributed by atoms with Crippen molar-refractivity contribution < 1.29 is 0 Å². The molecule has 0 aliphatic rings. The fourth-order valence-electron chi connectivity index (χ4n) is 2.17. The monoisotopic (exact) mass is 265 g/mol. The Labute approximate surface area is 117 Å². The highest BCUT2D eigenvalue weighted by Crippen LogP contribution is 2.32. The summed E-state index contributed by atoms with van der Waals surface area (Å²) in [4.78, 5) is 6.03. The first-order valence-corrected chi connectivity index (χ1v) is 7.15. The molecule has 1 heterocycles. The van der Waals surface area contributed by atoms with Crippen molar-refractivity contribution in [3.63, 3.8) is 0 Å². The van der Waals surface area contributed by atoms with Gasteiger partial charge in [0.05, 0.1) is 5.52 Å². The van der Waals surface area contributed by atoms with E-state index in [9.17, 15) is 0 Å². The molecule has 2 aromatic carbocycles. The van der Waals surface area contributed by atoms with Crippen molar-refractivity contribution >= 4 is 22.7 Å². The molecule has 0 aliphatic heterocycles. The number of hydrogen-bond donors (Lipinski definition) is 0. The lowest BCUT2D eigenvalue weighted by Gasteiger charge is -2.09. The van der Waals surface area contributed by atoms with E-state index >= 15 is 0 Å². The average molecular weight is 265 g/mol. The van der Waals surface area contributed by atoms with Gasteiger partial charge in [0.25, 0.3) is 0 Å². The molecule has 94 valence electrons. The molecule has 0 saturated carbocycles. The minimum Gasteiger partial charge on any atom is -0.241 e. The molecule has 3 rings (SSSR count). The molecule has 1 aromatic heterocycles. The summed E-state index contributed by atoms with van der Waals surface area (Å²) in [5, 5.41) is 2.24. The van der Waals surface area contributed by atoms with Crippen LogP contribution in [-0.4, -0.2) is 4.98 Å². The number of rotatable bonds is 2. The van der Waals surface area contributed by atoms with Crippen LogP contribution in [0.3, 0.4) is 0 Å². The summed E-state index contributed by atoms with van der Waals surface area (Å²) in [6, 6.07) is 18.9. The minimum absolute atomic E-state index is 1.05. The second kappa shape index (κ2) is 5.06. The first kappa shape index (κ1) is 12.2. The minimum atomic E-state index is 1.05. The van der Waals surface area contributed by atoms with Gasteiger partial charge in [-0.15, -0.1) is 0 Å². The van der Waals surface area contributed by atoms with Gasteiger partial charge >= 0.3 is 0 Å². The van der Waals surface area contributed by atoms with Crippen LogP contribution in [0.4, 0.5) is 0 Å². The van der Waals surface area contributed by atoms with Gasteiger partial charge in [0, 0.05) is 10.3 Å². The summed E-state index contributed by atoms with van der Waals surface area (Å²) in [6.07, 6.45) is 0. The van der Waals surface area contributed by atoms with Crippen molar-refractivity contribution in [3.05, 3.63) is 65.7 Å². The molecule has 0 aliphatic carbocycles. The lowest BCUT2D eigenvalue weighted by atomic mass is 10.2. The van der Waals surface area contributed by atoms with E-state index in [0.29, 0.717) is 0 Å². The van der Waals surface area contributed by atoms with Crippen LogP contribution in [0.2, 0.25) is 0 Å². The lowest BCUT2D eigenvalue weighted by molar-refractivity contribution is 1.16. The summed E-state index contributed by atoms with van der Waals surface area (Å²) < 4.78 is 0. The second-order valence-electron chi connectivity index (χ2n) is 4.67. The molecule has 1 nitrogen and oxygen atoms in total. The van der Waals surface area contributed by atoms with Gasteiger partial charge < -0.3 is 0 Å². The van der Waals surface area contributed by atoms with E-state index in [1.165, 1.54) is 21.4 Å². The van der Waals surface area contributed by atoms with Crippen molar-refractivity contribution in [2.75, 3.05) is 0 Å². The lowest BCUT2D eigenvalue weighted by Crippen LogP contribution is -1.87. The summed E-state index contributed by atoms with van der Waals surface area (Å²) >= 11 is 1.74. The zero-order chi connectivity index (χ0) is 13.2. The van der Waals surface area contributed by atoms with Crippen molar-refractivity contribution in [1.82, 2.24) is 4.98 Å². The zero-order valence-corrected chi connectivity index (χ0v) is 11.9. The van der Waals surface area contributed by atoms with Crippen molar-refractivity contribution in [3.8, 4) is 0 Å². The molecule has 3 aromatic rings. The summed E-state index contributed by atoms with van der Waals surface area (Å²) in [6.45, 7) is 4.30. The molecule has 0 unspecified atom stereocenters. The predicted molar refractivity (Wildman–Crippen MR) is 81.8 cm³/mol. The van der Waals surface area contributed by atoms with Crippen LogP contribution in [0.15, 0.2) is 64.5 Å². The van der Waals surface area contributed by atoms with Crippen LogP contribution < -0.4 is 0 Å². The van der Waals surface area contributed by atoms with E-state index in [0.717, 1.165) is 10.5 Å². The van der Waals surface area contributed by atoms with Crippen LogP contribution in [0.25, 0.3) is 10.9 Å². The fraction of sp³-hybridized carbons (Fsp3) is 0.118. The van der Waals surface area contributed by atoms with Gasteiger partial charge in [-0.05, 0) is 37.1 Å². The molecule has 0 saturated heterocycles.